The fourth-order valence-corrected chi connectivity index (χ4v) is 2.21. The van der Waals surface area contributed by atoms with Crippen LogP contribution in [0.3, 0.4) is 0 Å². The van der Waals surface area contributed by atoms with Crippen molar-refractivity contribution in [2.24, 2.45) is 10.9 Å². The van der Waals surface area contributed by atoms with Gasteiger partial charge in [0.1, 0.15) is 0 Å². The van der Waals surface area contributed by atoms with Gasteiger partial charge < -0.3 is 15.8 Å². The van der Waals surface area contributed by atoms with Crippen LogP contribution in [0.25, 0.3) is 0 Å². The van der Waals surface area contributed by atoms with Crippen molar-refractivity contribution < 1.29 is 5.21 Å². The molecule has 0 aliphatic carbocycles. The number of rotatable bonds is 4. The average molecular weight is 306 g/mol. The number of hydrogen-bond acceptors (Lipinski definition) is 5. The lowest BCUT2D eigenvalue weighted by Gasteiger charge is -2.27. The van der Waals surface area contributed by atoms with Crippen LogP contribution in [-0.4, -0.2) is 28.3 Å². The summed E-state index contributed by atoms with van der Waals surface area (Å²) in [5.74, 6) is 0.519. The normalized spacial score (nSPS) is 13.0. The van der Waals surface area contributed by atoms with Gasteiger partial charge in [-0.1, -0.05) is 28.9 Å². The number of halogens is 1. The Morgan fingerprint density at radius 1 is 1.43 bits per heavy atom. The van der Waals surface area contributed by atoms with Gasteiger partial charge in [-0.05, 0) is 30.7 Å². The van der Waals surface area contributed by atoms with Gasteiger partial charge in [0.15, 0.2) is 11.7 Å². The number of benzene rings is 1. The fraction of sp³-hybridized carbons (Fsp3) is 0.214. The third-order valence-corrected chi connectivity index (χ3v) is 3.57. The van der Waals surface area contributed by atoms with Gasteiger partial charge in [-0.15, -0.1) is 5.10 Å². The van der Waals surface area contributed by atoms with E-state index in [1.165, 1.54) is 6.20 Å². The fourth-order valence-electron chi connectivity index (χ4n) is 2.01. The Morgan fingerprint density at radius 2 is 2.19 bits per heavy atom. The summed E-state index contributed by atoms with van der Waals surface area (Å²) in [5, 5.41) is 20.5. The molecule has 0 bridgehead atoms. The molecule has 1 atom stereocenters. The minimum absolute atomic E-state index is 0.00866. The van der Waals surface area contributed by atoms with Crippen molar-refractivity contribution in [3.05, 3.63) is 52.7 Å². The first-order valence-electron chi connectivity index (χ1n) is 6.32. The lowest BCUT2D eigenvalue weighted by atomic mass is 10.1. The second-order valence-corrected chi connectivity index (χ2v) is 5.03. The number of anilines is 1. The summed E-state index contributed by atoms with van der Waals surface area (Å²) in [7, 11) is 1.86. The molecule has 1 heterocycles. The van der Waals surface area contributed by atoms with Crippen molar-refractivity contribution in [1.82, 2.24) is 10.2 Å². The van der Waals surface area contributed by atoms with E-state index >= 15 is 0 Å². The molecule has 0 spiro atoms. The summed E-state index contributed by atoms with van der Waals surface area (Å²) in [6, 6.07) is 9.23. The van der Waals surface area contributed by atoms with Gasteiger partial charge in [0, 0.05) is 12.1 Å². The molecule has 0 saturated heterocycles. The first-order chi connectivity index (χ1) is 10.0. The maximum absolute atomic E-state index is 8.87. The molecule has 0 fully saturated rings. The highest BCUT2D eigenvalue weighted by atomic mass is 35.5. The molecule has 0 aliphatic heterocycles. The first-order valence-corrected chi connectivity index (χ1v) is 6.70. The van der Waals surface area contributed by atoms with Crippen LogP contribution < -0.4 is 10.6 Å². The van der Waals surface area contributed by atoms with E-state index in [1.807, 2.05) is 43.1 Å². The van der Waals surface area contributed by atoms with E-state index in [4.69, 9.17) is 22.5 Å². The molecule has 7 heteroatoms. The minimum Gasteiger partial charge on any atom is -0.409 e. The Balaban J connectivity index is 2.38. The predicted octanol–water partition coefficient (Wildman–Crippen LogP) is 2.42. The number of nitrogens with two attached hydrogens (primary N) is 1. The lowest BCUT2D eigenvalue weighted by Crippen LogP contribution is -2.27. The molecule has 1 aromatic heterocycles. The summed E-state index contributed by atoms with van der Waals surface area (Å²) in [4.78, 5) is 1.89. The van der Waals surface area contributed by atoms with Crippen molar-refractivity contribution in [3.63, 3.8) is 0 Å². The van der Waals surface area contributed by atoms with Crippen LogP contribution in [0.1, 0.15) is 24.1 Å². The van der Waals surface area contributed by atoms with Gasteiger partial charge in [-0.2, -0.15) is 5.10 Å². The summed E-state index contributed by atoms with van der Waals surface area (Å²) in [5.41, 5.74) is 7.23. The van der Waals surface area contributed by atoms with Crippen LogP contribution in [0.4, 0.5) is 5.82 Å². The van der Waals surface area contributed by atoms with Crippen LogP contribution in [0.15, 0.2) is 41.7 Å². The molecular weight excluding hydrogens is 290 g/mol. The molecule has 1 unspecified atom stereocenters. The number of aromatic nitrogens is 2. The van der Waals surface area contributed by atoms with E-state index in [2.05, 4.69) is 15.4 Å². The van der Waals surface area contributed by atoms with Gasteiger partial charge in [-0.3, -0.25) is 0 Å². The van der Waals surface area contributed by atoms with Gasteiger partial charge in [0.25, 0.3) is 0 Å². The van der Waals surface area contributed by atoms with Crippen LogP contribution in [-0.2, 0) is 0 Å². The Morgan fingerprint density at radius 3 is 2.86 bits per heavy atom. The molecule has 3 N–H and O–H groups in total. The van der Waals surface area contributed by atoms with Gasteiger partial charge in [0.05, 0.1) is 17.8 Å². The second-order valence-electron chi connectivity index (χ2n) is 4.60. The largest absolute Gasteiger partial charge is 0.409 e. The van der Waals surface area contributed by atoms with Crippen LogP contribution in [0.5, 0.6) is 0 Å². The standard InChI is InChI=1S/C14H16ClN5O/c1-9(10-4-3-5-11(15)8-10)20(2)14-12(13(16)19-21)6-7-17-18-14/h3-9,21H,1-2H3,(H2,16,19). The smallest absolute Gasteiger partial charge is 0.173 e. The summed E-state index contributed by atoms with van der Waals surface area (Å²) < 4.78 is 0. The van der Waals surface area contributed by atoms with Crippen molar-refractivity contribution >= 4 is 23.3 Å². The number of nitrogens with zero attached hydrogens (tertiary/aromatic N) is 4. The van der Waals surface area contributed by atoms with Crippen molar-refractivity contribution in [1.29, 1.82) is 0 Å². The minimum atomic E-state index is -0.00922. The Labute approximate surface area is 127 Å². The molecule has 2 rings (SSSR count). The highest BCUT2D eigenvalue weighted by Gasteiger charge is 2.19. The molecule has 110 valence electrons. The molecule has 0 amide bonds. The summed E-state index contributed by atoms with van der Waals surface area (Å²) in [6.45, 7) is 2.01. The highest BCUT2D eigenvalue weighted by molar-refractivity contribution is 6.30. The second kappa shape index (κ2) is 6.41. The first kappa shape index (κ1) is 15.1. The maximum Gasteiger partial charge on any atom is 0.173 e. The monoisotopic (exact) mass is 305 g/mol. The molecule has 0 radical (unpaired) electrons. The zero-order chi connectivity index (χ0) is 15.4. The zero-order valence-electron chi connectivity index (χ0n) is 11.7. The van der Waals surface area contributed by atoms with E-state index in [0.29, 0.717) is 16.4 Å². The highest BCUT2D eigenvalue weighted by Crippen LogP contribution is 2.27. The number of oxime groups is 1. The molecular formula is C14H16ClN5O. The van der Waals surface area contributed by atoms with Gasteiger partial charge >= 0.3 is 0 Å². The maximum atomic E-state index is 8.87. The molecule has 0 aliphatic rings. The quantitative estimate of drug-likeness (QED) is 0.392. The third-order valence-electron chi connectivity index (χ3n) is 3.33. The van der Waals surface area contributed by atoms with Crippen molar-refractivity contribution in [3.8, 4) is 0 Å². The van der Waals surface area contributed by atoms with Crippen LogP contribution in [0.2, 0.25) is 5.02 Å². The lowest BCUT2D eigenvalue weighted by molar-refractivity contribution is 0.318. The Kier molecular flexibility index (Phi) is 4.59. The molecule has 6 nitrogen and oxygen atoms in total. The predicted molar refractivity (Wildman–Crippen MR) is 82.8 cm³/mol. The molecule has 0 saturated carbocycles. The third kappa shape index (κ3) is 3.22. The van der Waals surface area contributed by atoms with Gasteiger partial charge in [-0.25, -0.2) is 0 Å². The van der Waals surface area contributed by atoms with E-state index in [1.54, 1.807) is 6.07 Å². The number of hydrogen-bond donors (Lipinski definition) is 2. The van der Waals surface area contributed by atoms with E-state index < -0.39 is 0 Å². The zero-order valence-corrected chi connectivity index (χ0v) is 12.5. The summed E-state index contributed by atoms with van der Waals surface area (Å²) in [6.07, 6.45) is 1.49. The van der Waals surface area contributed by atoms with E-state index in [9.17, 15) is 0 Å². The Bertz CT molecular complexity index is 661. The van der Waals surface area contributed by atoms with Crippen LogP contribution in [0, 0.1) is 0 Å². The van der Waals surface area contributed by atoms with Gasteiger partial charge in [0.2, 0.25) is 0 Å². The topological polar surface area (TPSA) is 87.6 Å². The number of amidine groups is 1. The molecule has 1 aromatic carbocycles. The van der Waals surface area contributed by atoms with E-state index in [0.717, 1.165) is 5.56 Å². The average Bonchev–Trinajstić information content (AvgIpc) is 2.52. The van der Waals surface area contributed by atoms with Crippen molar-refractivity contribution in [2.75, 3.05) is 11.9 Å². The van der Waals surface area contributed by atoms with E-state index in [-0.39, 0.29) is 11.9 Å². The van der Waals surface area contributed by atoms with Crippen LogP contribution >= 0.6 is 11.6 Å². The Hall–Kier alpha value is -2.34. The SMILES string of the molecule is CC(c1cccc(Cl)c1)N(C)c1nnccc1/C(N)=N/O. The van der Waals surface area contributed by atoms with Crippen molar-refractivity contribution in [2.45, 2.75) is 13.0 Å². The molecule has 2 aromatic rings. The summed E-state index contributed by atoms with van der Waals surface area (Å²) >= 11 is 6.03. The molecule has 21 heavy (non-hydrogen) atoms.